The second kappa shape index (κ2) is 6.95. The van der Waals surface area contributed by atoms with Gasteiger partial charge in [-0.1, -0.05) is 35.8 Å². The first-order valence-electron chi connectivity index (χ1n) is 8.20. The van der Waals surface area contributed by atoms with Crippen LogP contribution in [0.4, 0.5) is 0 Å². The van der Waals surface area contributed by atoms with Gasteiger partial charge in [0.2, 0.25) is 0 Å². The Bertz CT molecular complexity index is 716. The van der Waals surface area contributed by atoms with Gasteiger partial charge < -0.3 is 14.5 Å². The van der Waals surface area contributed by atoms with Crippen LogP contribution < -0.4 is 0 Å². The Kier molecular flexibility index (Phi) is 4.92. The predicted octanol–water partition coefficient (Wildman–Crippen LogP) is 3.92. The number of rotatable bonds is 3. The molecule has 0 saturated carbocycles. The Balaban J connectivity index is 1.99. The third kappa shape index (κ3) is 3.32. The quantitative estimate of drug-likeness (QED) is 0.912. The number of amides is 1. The fourth-order valence-electron chi connectivity index (χ4n) is 2.97. The van der Waals surface area contributed by atoms with Crippen LogP contribution in [0.15, 0.2) is 28.8 Å². The average molecular weight is 349 g/mol. The van der Waals surface area contributed by atoms with E-state index in [0.717, 1.165) is 18.4 Å². The van der Waals surface area contributed by atoms with E-state index in [0.29, 0.717) is 35.3 Å². The van der Waals surface area contributed by atoms with Crippen molar-refractivity contribution < 1.29 is 14.4 Å². The van der Waals surface area contributed by atoms with Crippen molar-refractivity contribution in [3.63, 3.8) is 0 Å². The molecule has 1 amide bonds. The number of benzene rings is 1. The molecule has 3 rings (SSSR count). The number of hydrogen-bond acceptors (Lipinski definition) is 4. The van der Waals surface area contributed by atoms with Crippen LogP contribution in [0, 0.1) is 5.92 Å². The maximum Gasteiger partial charge on any atom is 0.259 e. The summed E-state index contributed by atoms with van der Waals surface area (Å²) in [5.74, 6) is 0.705. The molecule has 1 fully saturated rings. The van der Waals surface area contributed by atoms with Gasteiger partial charge in [-0.05, 0) is 37.8 Å². The maximum absolute atomic E-state index is 13.0. The Morgan fingerprint density at radius 3 is 2.54 bits per heavy atom. The number of carbonyl (C=O) groups excluding carboxylic acids is 1. The highest BCUT2D eigenvalue weighted by Gasteiger charge is 2.31. The standard InChI is InChI=1S/C18H21ClN2O3/c1-11-7-9-21(10-8-11)18(23)15-16(20-24-17(15)12(2)22)13-3-5-14(19)6-4-13/h3-6,11-12,22H,7-10H2,1-2H3/t12-/m0/s1. The minimum absolute atomic E-state index is 0.135. The summed E-state index contributed by atoms with van der Waals surface area (Å²) in [5.41, 5.74) is 1.54. The van der Waals surface area contributed by atoms with Gasteiger partial charge in [0.15, 0.2) is 5.76 Å². The van der Waals surface area contributed by atoms with E-state index in [9.17, 15) is 9.90 Å². The van der Waals surface area contributed by atoms with Crippen LogP contribution in [0.3, 0.4) is 0 Å². The van der Waals surface area contributed by atoms with Crippen molar-refractivity contribution in [3.8, 4) is 11.3 Å². The smallest absolute Gasteiger partial charge is 0.259 e. The molecule has 128 valence electrons. The number of hydrogen-bond donors (Lipinski definition) is 1. The molecule has 0 bridgehead atoms. The van der Waals surface area contributed by atoms with Gasteiger partial charge in [0, 0.05) is 23.7 Å². The van der Waals surface area contributed by atoms with Crippen LogP contribution in [-0.4, -0.2) is 34.2 Å². The zero-order valence-corrected chi connectivity index (χ0v) is 14.6. The minimum Gasteiger partial charge on any atom is -0.385 e. The molecular weight excluding hydrogens is 328 g/mol. The van der Waals surface area contributed by atoms with Crippen LogP contribution in [0.1, 0.15) is 48.9 Å². The number of carbonyl (C=O) groups is 1. The molecule has 1 aliphatic rings. The molecule has 1 saturated heterocycles. The SMILES string of the molecule is CC1CCN(C(=O)c2c(-c3ccc(Cl)cc3)noc2[C@H](C)O)CC1. The maximum atomic E-state index is 13.0. The fourth-order valence-corrected chi connectivity index (χ4v) is 3.10. The summed E-state index contributed by atoms with van der Waals surface area (Å²) in [6.45, 7) is 5.19. The first kappa shape index (κ1) is 17.0. The minimum atomic E-state index is -0.902. The Hall–Kier alpha value is -1.85. The lowest BCUT2D eigenvalue weighted by Crippen LogP contribution is -2.38. The van der Waals surface area contributed by atoms with E-state index in [2.05, 4.69) is 12.1 Å². The van der Waals surface area contributed by atoms with Crippen molar-refractivity contribution in [2.45, 2.75) is 32.8 Å². The van der Waals surface area contributed by atoms with Crippen LogP contribution in [0.5, 0.6) is 0 Å². The van der Waals surface area contributed by atoms with E-state index >= 15 is 0 Å². The third-order valence-corrected chi connectivity index (χ3v) is 4.75. The Morgan fingerprint density at radius 2 is 1.96 bits per heavy atom. The first-order chi connectivity index (χ1) is 11.5. The zero-order chi connectivity index (χ0) is 17.3. The van der Waals surface area contributed by atoms with E-state index < -0.39 is 6.10 Å². The summed E-state index contributed by atoms with van der Waals surface area (Å²) < 4.78 is 5.29. The molecule has 2 aromatic rings. The molecule has 0 unspecified atom stereocenters. The van der Waals surface area contributed by atoms with Gasteiger partial charge in [0.25, 0.3) is 5.91 Å². The highest BCUT2D eigenvalue weighted by molar-refractivity contribution is 6.30. The molecule has 1 aromatic carbocycles. The molecule has 5 nitrogen and oxygen atoms in total. The van der Waals surface area contributed by atoms with Gasteiger partial charge in [-0.2, -0.15) is 0 Å². The Morgan fingerprint density at radius 1 is 1.33 bits per heavy atom. The van der Waals surface area contributed by atoms with E-state index in [4.69, 9.17) is 16.1 Å². The number of piperidine rings is 1. The molecule has 0 aliphatic carbocycles. The molecule has 1 atom stereocenters. The van der Waals surface area contributed by atoms with E-state index in [1.54, 1.807) is 31.2 Å². The van der Waals surface area contributed by atoms with Gasteiger partial charge >= 0.3 is 0 Å². The lowest BCUT2D eigenvalue weighted by molar-refractivity contribution is 0.0686. The van der Waals surface area contributed by atoms with E-state index in [-0.39, 0.29) is 11.7 Å². The molecule has 1 aromatic heterocycles. The molecule has 6 heteroatoms. The summed E-state index contributed by atoms with van der Waals surface area (Å²) in [5, 5.41) is 14.6. The number of aromatic nitrogens is 1. The van der Waals surface area contributed by atoms with Gasteiger partial charge in [0.05, 0.1) is 0 Å². The normalized spacial score (nSPS) is 17.1. The van der Waals surface area contributed by atoms with Gasteiger partial charge in [-0.15, -0.1) is 0 Å². The lowest BCUT2D eigenvalue weighted by atomic mass is 9.97. The Labute approximate surface area is 146 Å². The van der Waals surface area contributed by atoms with E-state index in [1.165, 1.54) is 0 Å². The highest BCUT2D eigenvalue weighted by Crippen LogP contribution is 2.32. The molecule has 0 radical (unpaired) electrons. The van der Waals surface area contributed by atoms with Gasteiger partial charge in [-0.25, -0.2) is 0 Å². The van der Waals surface area contributed by atoms with Crippen LogP contribution in [-0.2, 0) is 0 Å². The molecule has 1 N–H and O–H groups in total. The number of nitrogens with zero attached hydrogens (tertiary/aromatic N) is 2. The van der Waals surface area contributed by atoms with Crippen molar-refractivity contribution in [2.75, 3.05) is 13.1 Å². The lowest BCUT2D eigenvalue weighted by Gasteiger charge is -2.30. The summed E-state index contributed by atoms with van der Waals surface area (Å²) in [7, 11) is 0. The second-order valence-corrected chi connectivity index (χ2v) is 6.86. The summed E-state index contributed by atoms with van der Waals surface area (Å²) in [6, 6.07) is 7.07. The summed E-state index contributed by atoms with van der Waals surface area (Å²) in [6.07, 6.45) is 1.07. The molecule has 24 heavy (non-hydrogen) atoms. The number of aliphatic hydroxyl groups excluding tert-OH is 1. The van der Waals surface area contributed by atoms with Gasteiger partial charge in [0.1, 0.15) is 17.4 Å². The van der Waals surface area contributed by atoms with Crippen LogP contribution in [0.25, 0.3) is 11.3 Å². The van der Waals surface area contributed by atoms with Gasteiger partial charge in [-0.3, -0.25) is 4.79 Å². The van der Waals surface area contributed by atoms with Crippen molar-refractivity contribution >= 4 is 17.5 Å². The molecule has 0 spiro atoms. The average Bonchev–Trinajstić information content (AvgIpc) is 3.01. The first-order valence-corrected chi connectivity index (χ1v) is 8.58. The monoisotopic (exact) mass is 348 g/mol. The van der Waals surface area contributed by atoms with Crippen molar-refractivity contribution in [1.82, 2.24) is 10.1 Å². The molecule has 2 heterocycles. The second-order valence-electron chi connectivity index (χ2n) is 6.43. The van der Waals surface area contributed by atoms with Crippen LogP contribution >= 0.6 is 11.6 Å². The number of aliphatic hydroxyl groups is 1. The molecular formula is C18H21ClN2O3. The highest BCUT2D eigenvalue weighted by atomic mass is 35.5. The van der Waals surface area contributed by atoms with E-state index in [1.807, 2.05) is 4.90 Å². The zero-order valence-electron chi connectivity index (χ0n) is 13.8. The predicted molar refractivity (Wildman–Crippen MR) is 91.9 cm³/mol. The number of halogens is 1. The topological polar surface area (TPSA) is 66.6 Å². The van der Waals surface area contributed by atoms with Crippen molar-refractivity contribution in [2.24, 2.45) is 5.92 Å². The van der Waals surface area contributed by atoms with Crippen molar-refractivity contribution in [3.05, 3.63) is 40.6 Å². The third-order valence-electron chi connectivity index (χ3n) is 4.50. The summed E-state index contributed by atoms with van der Waals surface area (Å²) >= 11 is 5.93. The molecule has 1 aliphatic heterocycles. The van der Waals surface area contributed by atoms with Crippen LogP contribution in [0.2, 0.25) is 5.02 Å². The summed E-state index contributed by atoms with van der Waals surface area (Å²) in [4.78, 5) is 14.9. The van der Waals surface area contributed by atoms with Crippen molar-refractivity contribution in [1.29, 1.82) is 0 Å². The fraction of sp³-hybridized carbons (Fsp3) is 0.444. The number of likely N-dealkylation sites (tertiary alicyclic amines) is 1. The largest absolute Gasteiger partial charge is 0.385 e.